The molecule has 2 aromatic carbocycles. The molecular weight excluding hydrogens is 196 g/mol. The molecule has 2 aromatic rings. The number of nitrogen functional groups attached to an aromatic ring is 2. The van der Waals surface area contributed by atoms with E-state index in [2.05, 4.69) is 30.3 Å². The van der Waals surface area contributed by atoms with Gasteiger partial charge in [-0.1, -0.05) is 30.3 Å². The van der Waals surface area contributed by atoms with Crippen molar-refractivity contribution in [2.24, 2.45) is 0 Å². The molecule has 80 valence electrons. The van der Waals surface area contributed by atoms with Gasteiger partial charge in [-0.15, -0.1) is 0 Å². The third-order valence-electron chi connectivity index (χ3n) is 3.34. The van der Waals surface area contributed by atoms with Gasteiger partial charge in [0.05, 0.1) is 11.4 Å². The van der Waals surface area contributed by atoms with Gasteiger partial charge in [0, 0.05) is 0 Å². The zero-order chi connectivity index (χ0) is 11.1. The molecule has 1 aliphatic rings. The summed E-state index contributed by atoms with van der Waals surface area (Å²) in [6.45, 7) is 0. The largest absolute Gasteiger partial charge is 0.397 e. The molecule has 0 aliphatic heterocycles. The maximum absolute atomic E-state index is 6.04. The molecule has 3 rings (SSSR count). The van der Waals surface area contributed by atoms with Crippen LogP contribution in [0.5, 0.6) is 0 Å². The van der Waals surface area contributed by atoms with Crippen molar-refractivity contribution in [2.75, 3.05) is 11.5 Å². The van der Waals surface area contributed by atoms with Crippen molar-refractivity contribution in [3.63, 3.8) is 0 Å². The molecule has 0 radical (unpaired) electrons. The molecule has 0 saturated heterocycles. The van der Waals surface area contributed by atoms with Gasteiger partial charge in [0.15, 0.2) is 0 Å². The van der Waals surface area contributed by atoms with Gasteiger partial charge in [0.1, 0.15) is 0 Å². The number of aryl methyl sites for hydroxylation is 1. The van der Waals surface area contributed by atoms with Crippen molar-refractivity contribution in [1.82, 2.24) is 0 Å². The molecule has 0 heterocycles. The highest BCUT2D eigenvalue weighted by atomic mass is 14.7. The molecule has 16 heavy (non-hydrogen) atoms. The van der Waals surface area contributed by atoms with Crippen molar-refractivity contribution in [2.45, 2.75) is 12.8 Å². The summed E-state index contributed by atoms with van der Waals surface area (Å²) in [6, 6.07) is 12.5. The fourth-order valence-corrected chi connectivity index (χ4v) is 2.47. The zero-order valence-corrected chi connectivity index (χ0v) is 9.03. The molecule has 2 nitrogen and oxygen atoms in total. The van der Waals surface area contributed by atoms with E-state index in [1.807, 2.05) is 6.07 Å². The van der Waals surface area contributed by atoms with Gasteiger partial charge in [0.2, 0.25) is 0 Å². The Morgan fingerprint density at radius 2 is 1.62 bits per heavy atom. The first kappa shape index (κ1) is 9.28. The molecule has 0 spiro atoms. The number of benzene rings is 2. The number of fused-ring (bicyclic) bond motifs is 3. The molecular formula is C14H14N2. The number of nitrogens with two attached hydrogens (primary N) is 2. The summed E-state index contributed by atoms with van der Waals surface area (Å²) in [5.74, 6) is 0. The monoisotopic (exact) mass is 210 g/mol. The van der Waals surface area contributed by atoms with Crippen LogP contribution in [0, 0.1) is 0 Å². The summed E-state index contributed by atoms with van der Waals surface area (Å²) in [7, 11) is 0. The van der Waals surface area contributed by atoms with E-state index in [4.69, 9.17) is 11.5 Å². The third-order valence-corrected chi connectivity index (χ3v) is 3.34. The number of hydrogen-bond acceptors (Lipinski definition) is 2. The highest BCUT2D eigenvalue weighted by molar-refractivity contribution is 5.83. The van der Waals surface area contributed by atoms with Crippen molar-refractivity contribution in [3.05, 3.63) is 47.5 Å². The second-order valence-electron chi connectivity index (χ2n) is 4.25. The molecule has 0 saturated carbocycles. The molecule has 0 fully saturated rings. The molecule has 0 amide bonds. The van der Waals surface area contributed by atoms with Crippen LogP contribution in [0.3, 0.4) is 0 Å². The van der Waals surface area contributed by atoms with E-state index in [1.165, 1.54) is 22.3 Å². The Bertz CT molecular complexity index is 559. The van der Waals surface area contributed by atoms with E-state index in [-0.39, 0.29) is 0 Å². The van der Waals surface area contributed by atoms with E-state index in [9.17, 15) is 0 Å². The van der Waals surface area contributed by atoms with Gasteiger partial charge in [-0.25, -0.2) is 0 Å². The summed E-state index contributed by atoms with van der Waals surface area (Å²) in [5.41, 5.74) is 18.5. The van der Waals surface area contributed by atoms with Crippen molar-refractivity contribution in [1.29, 1.82) is 0 Å². The second-order valence-corrected chi connectivity index (χ2v) is 4.25. The van der Waals surface area contributed by atoms with Crippen molar-refractivity contribution in [3.8, 4) is 11.1 Å². The summed E-state index contributed by atoms with van der Waals surface area (Å²) in [5, 5.41) is 0. The SMILES string of the molecule is Nc1ccc2c(c1N)CCc1ccccc1-2. The Morgan fingerprint density at radius 3 is 2.50 bits per heavy atom. The Kier molecular flexibility index (Phi) is 1.90. The summed E-state index contributed by atoms with van der Waals surface area (Å²) in [6.07, 6.45) is 2.04. The van der Waals surface area contributed by atoms with Crippen LogP contribution in [0.1, 0.15) is 11.1 Å². The maximum atomic E-state index is 6.04. The first-order chi connectivity index (χ1) is 7.77. The van der Waals surface area contributed by atoms with Gasteiger partial charge in [-0.05, 0) is 41.2 Å². The average molecular weight is 210 g/mol. The number of hydrogen-bond donors (Lipinski definition) is 2. The normalized spacial score (nSPS) is 13.0. The lowest BCUT2D eigenvalue weighted by Crippen LogP contribution is -2.08. The minimum Gasteiger partial charge on any atom is -0.397 e. The van der Waals surface area contributed by atoms with Crippen LogP contribution >= 0.6 is 0 Å². The van der Waals surface area contributed by atoms with Crippen LogP contribution in [-0.4, -0.2) is 0 Å². The molecule has 0 atom stereocenters. The lowest BCUT2D eigenvalue weighted by Gasteiger charge is -2.21. The van der Waals surface area contributed by atoms with Gasteiger partial charge >= 0.3 is 0 Å². The predicted octanol–water partition coefficient (Wildman–Crippen LogP) is 2.62. The molecule has 0 unspecified atom stereocenters. The minimum absolute atomic E-state index is 0.693. The van der Waals surface area contributed by atoms with E-state index >= 15 is 0 Å². The van der Waals surface area contributed by atoms with Gasteiger partial charge < -0.3 is 11.5 Å². The quantitative estimate of drug-likeness (QED) is 0.657. The number of rotatable bonds is 0. The first-order valence-corrected chi connectivity index (χ1v) is 5.52. The fourth-order valence-electron chi connectivity index (χ4n) is 2.47. The Labute approximate surface area is 94.9 Å². The average Bonchev–Trinajstić information content (AvgIpc) is 2.33. The third kappa shape index (κ3) is 1.20. The first-order valence-electron chi connectivity index (χ1n) is 5.52. The van der Waals surface area contributed by atoms with Gasteiger partial charge in [-0.2, -0.15) is 0 Å². The van der Waals surface area contributed by atoms with Crippen LogP contribution < -0.4 is 11.5 Å². The molecule has 4 N–H and O–H groups in total. The lowest BCUT2D eigenvalue weighted by atomic mass is 9.84. The van der Waals surface area contributed by atoms with E-state index < -0.39 is 0 Å². The fraction of sp³-hybridized carbons (Fsp3) is 0.143. The Hall–Kier alpha value is -1.96. The maximum Gasteiger partial charge on any atom is 0.0586 e. The zero-order valence-electron chi connectivity index (χ0n) is 9.03. The van der Waals surface area contributed by atoms with Gasteiger partial charge in [0.25, 0.3) is 0 Å². The van der Waals surface area contributed by atoms with E-state index in [0.29, 0.717) is 5.69 Å². The molecule has 2 heteroatoms. The Morgan fingerprint density at radius 1 is 0.812 bits per heavy atom. The smallest absolute Gasteiger partial charge is 0.0586 e. The van der Waals surface area contributed by atoms with E-state index in [0.717, 1.165) is 18.5 Å². The molecule has 1 aliphatic carbocycles. The predicted molar refractivity (Wildman–Crippen MR) is 68.1 cm³/mol. The van der Waals surface area contributed by atoms with E-state index in [1.54, 1.807) is 0 Å². The minimum atomic E-state index is 0.693. The molecule has 0 bridgehead atoms. The van der Waals surface area contributed by atoms with Crippen molar-refractivity contribution < 1.29 is 0 Å². The summed E-state index contributed by atoms with van der Waals surface area (Å²) < 4.78 is 0. The van der Waals surface area contributed by atoms with Crippen LogP contribution in [0.2, 0.25) is 0 Å². The molecule has 0 aromatic heterocycles. The standard InChI is InChI=1S/C14H14N2/c15-13-8-7-11-10-4-2-1-3-9(10)5-6-12(11)14(13)16/h1-4,7-8H,5-6,15-16H2. The number of anilines is 2. The highest BCUT2D eigenvalue weighted by Crippen LogP contribution is 2.38. The van der Waals surface area contributed by atoms with Crippen LogP contribution in [-0.2, 0) is 12.8 Å². The van der Waals surface area contributed by atoms with Crippen LogP contribution in [0.4, 0.5) is 11.4 Å². The Balaban J connectivity index is 2.30. The lowest BCUT2D eigenvalue weighted by molar-refractivity contribution is 0.945. The van der Waals surface area contributed by atoms with Crippen LogP contribution in [0.15, 0.2) is 36.4 Å². The van der Waals surface area contributed by atoms with Crippen LogP contribution in [0.25, 0.3) is 11.1 Å². The highest BCUT2D eigenvalue weighted by Gasteiger charge is 2.18. The van der Waals surface area contributed by atoms with Crippen molar-refractivity contribution >= 4 is 11.4 Å². The summed E-state index contributed by atoms with van der Waals surface area (Å²) >= 11 is 0. The summed E-state index contributed by atoms with van der Waals surface area (Å²) in [4.78, 5) is 0. The second kappa shape index (κ2) is 3.27. The van der Waals surface area contributed by atoms with Gasteiger partial charge in [-0.3, -0.25) is 0 Å². The topological polar surface area (TPSA) is 52.0 Å².